The second-order valence-corrected chi connectivity index (χ2v) is 9.21. The Morgan fingerprint density at radius 3 is 2.54 bits per heavy atom. The van der Waals surface area contributed by atoms with Crippen molar-refractivity contribution < 1.29 is 9.00 Å². The van der Waals surface area contributed by atoms with Crippen molar-refractivity contribution in [1.29, 1.82) is 0 Å². The molecular formula is C18H20N2O2S2. The average molecular weight is 361 g/mol. The van der Waals surface area contributed by atoms with Crippen LogP contribution in [0, 0.1) is 5.92 Å². The fourth-order valence-corrected chi connectivity index (χ4v) is 5.90. The lowest BCUT2D eigenvalue weighted by Crippen LogP contribution is -2.57. The number of hydrogen-bond acceptors (Lipinski definition) is 4. The third-order valence-corrected chi connectivity index (χ3v) is 7.70. The predicted octanol–water partition coefficient (Wildman–Crippen LogP) is 2.74. The molecule has 5 rings (SSSR count). The molecule has 24 heavy (non-hydrogen) atoms. The lowest BCUT2D eigenvalue weighted by atomic mass is 9.84. The summed E-state index contributed by atoms with van der Waals surface area (Å²) in [6, 6.07) is 13.2. The molecule has 3 saturated heterocycles. The topological polar surface area (TPSA) is 49.4 Å². The Kier molecular flexibility index (Phi) is 4.52. The molecule has 2 unspecified atom stereocenters. The third-order valence-electron chi connectivity index (χ3n) is 4.92. The van der Waals surface area contributed by atoms with E-state index in [2.05, 4.69) is 10.2 Å². The zero-order valence-corrected chi connectivity index (χ0v) is 14.9. The van der Waals surface area contributed by atoms with Gasteiger partial charge in [0.2, 0.25) is 0 Å². The molecule has 1 aromatic carbocycles. The minimum atomic E-state index is -1.22. The van der Waals surface area contributed by atoms with Crippen molar-refractivity contribution in [2.45, 2.75) is 28.0 Å². The van der Waals surface area contributed by atoms with Crippen LogP contribution in [0.1, 0.15) is 22.5 Å². The van der Waals surface area contributed by atoms with Crippen molar-refractivity contribution in [3.8, 4) is 0 Å². The van der Waals surface area contributed by atoms with E-state index in [0.29, 0.717) is 10.8 Å². The fourth-order valence-electron chi connectivity index (χ4n) is 3.57. The summed E-state index contributed by atoms with van der Waals surface area (Å²) in [6.07, 6.45) is 2.36. The molecule has 126 valence electrons. The number of fused-ring (bicyclic) bond motifs is 3. The lowest BCUT2D eigenvalue weighted by Gasteiger charge is -2.44. The van der Waals surface area contributed by atoms with Crippen LogP contribution in [-0.4, -0.2) is 40.7 Å². The van der Waals surface area contributed by atoms with Gasteiger partial charge in [-0.15, -0.1) is 11.3 Å². The van der Waals surface area contributed by atoms with E-state index in [0.717, 1.165) is 28.7 Å². The lowest BCUT2D eigenvalue weighted by molar-refractivity contribution is 0.0622. The molecule has 3 aliphatic heterocycles. The van der Waals surface area contributed by atoms with Crippen LogP contribution >= 0.6 is 11.3 Å². The van der Waals surface area contributed by atoms with E-state index < -0.39 is 10.8 Å². The van der Waals surface area contributed by atoms with Crippen molar-refractivity contribution in [2.75, 3.05) is 19.6 Å². The van der Waals surface area contributed by atoms with Crippen LogP contribution in [0.2, 0.25) is 0 Å². The minimum Gasteiger partial charge on any atom is -0.347 e. The highest BCUT2D eigenvalue weighted by Gasteiger charge is 2.35. The molecule has 0 saturated carbocycles. The number of thiophene rings is 1. The number of amides is 1. The number of piperidine rings is 3. The molecule has 0 spiro atoms. The smallest absolute Gasteiger partial charge is 0.261 e. The van der Waals surface area contributed by atoms with Gasteiger partial charge in [-0.05, 0) is 56.1 Å². The van der Waals surface area contributed by atoms with Crippen LogP contribution in [0.3, 0.4) is 0 Å². The van der Waals surface area contributed by atoms with Gasteiger partial charge >= 0.3 is 0 Å². The molecule has 3 aliphatic rings. The summed E-state index contributed by atoms with van der Waals surface area (Å²) < 4.78 is 13.3. The van der Waals surface area contributed by atoms with Crippen LogP contribution in [0.5, 0.6) is 0 Å². The van der Waals surface area contributed by atoms with Crippen LogP contribution in [0.15, 0.2) is 51.6 Å². The molecule has 0 radical (unpaired) electrons. The Balaban J connectivity index is 1.44. The first kappa shape index (κ1) is 16.0. The highest BCUT2D eigenvalue weighted by Crippen LogP contribution is 2.29. The number of hydrogen-bond donors (Lipinski definition) is 1. The molecule has 3 fully saturated rings. The average Bonchev–Trinajstić information content (AvgIpc) is 3.13. The summed E-state index contributed by atoms with van der Waals surface area (Å²) in [5, 5.41) is 3.19. The Morgan fingerprint density at radius 1 is 1.12 bits per heavy atom. The quantitative estimate of drug-likeness (QED) is 0.912. The van der Waals surface area contributed by atoms with Gasteiger partial charge in [0.15, 0.2) is 0 Å². The number of carbonyl (C=O) groups excluding carboxylic acids is 1. The van der Waals surface area contributed by atoms with E-state index in [1.54, 1.807) is 12.1 Å². The van der Waals surface area contributed by atoms with E-state index >= 15 is 0 Å². The zero-order valence-electron chi connectivity index (χ0n) is 13.3. The molecule has 6 heteroatoms. The van der Waals surface area contributed by atoms with Crippen molar-refractivity contribution in [1.82, 2.24) is 10.2 Å². The van der Waals surface area contributed by atoms with Crippen LogP contribution in [-0.2, 0) is 10.8 Å². The monoisotopic (exact) mass is 360 g/mol. The number of benzene rings is 1. The van der Waals surface area contributed by atoms with Gasteiger partial charge in [0.25, 0.3) is 5.91 Å². The number of nitrogens with zero attached hydrogens (tertiary/aromatic N) is 1. The van der Waals surface area contributed by atoms with Gasteiger partial charge in [-0.2, -0.15) is 0 Å². The fraction of sp³-hybridized carbons (Fsp3) is 0.389. The summed E-state index contributed by atoms with van der Waals surface area (Å²) in [4.78, 5) is 16.4. The molecule has 4 heterocycles. The molecule has 2 aromatic rings. The van der Waals surface area contributed by atoms with Crippen molar-refractivity contribution in [2.24, 2.45) is 5.92 Å². The second kappa shape index (κ2) is 6.78. The van der Waals surface area contributed by atoms with Gasteiger partial charge in [0.05, 0.1) is 19.9 Å². The summed E-state index contributed by atoms with van der Waals surface area (Å²) in [5.74, 6) is 0.576. The van der Waals surface area contributed by atoms with E-state index in [9.17, 15) is 9.00 Å². The molecule has 2 bridgehead atoms. The van der Waals surface area contributed by atoms with Crippen molar-refractivity contribution in [3.05, 3.63) is 47.3 Å². The summed E-state index contributed by atoms with van der Waals surface area (Å²) in [5.41, 5.74) is 0. The van der Waals surface area contributed by atoms with E-state index in [1.807, 2.05) is 30.3 Å². The second-order valence-electron chi connectivity index (χ2n) is 6.42. The van der Waals surface area contributed by atoms with Crippen molar-refractivity contribution >= 4 is 28.0 Å². The van der Waals surface area contributed by atoms with Crippen molar-refractivity contribution in [3.63, 3.8) is 0 Å². The highest BCUT2D eigenvalue weighted by molar-refractivity contribution is 7.87. The zero-order chi connectivity index (χ0) is 16.5. The molecule has 1 N–H and O–H groups in total. The first-order valence-electron chi connectivity index (χ1n) is 8.30. The SMILES string of the molecule is O=C(NC1CN2CCC1CC2)c1ccc(S(=O)c2ccccc2)s1. The Hall–Kier alpha value is -1.50. The first-order valence-corrected chi connectivity index (χ1v) is 10.3. The van der Waals surface area contributed by atoms with Crippen LogP contribution < -0.4 is 5.32 Å². The van der Waals surface area contributed by atoms with Gasteiger partial charge in [-0.3, -0.25) is 4.79 Å². The standard InChI is InChI=1S/C18H20N2O2S2/c21-18(19-15-12-20-10-8-13(15)9-11-20)16-6-7-17(23-16)24(22)14-4-2-1-3-5-14/h1-7,13,15H,8-12H2,(H,19,21). The Labute approximate surface area is 148 Å². The Bertz CT molecular complexity index is 751. The van der Waals surface area contributed by atoms with Gasteiger partial charge < -0.3 is 10.2 Å². The third kappa shape index (κ3) is 3.18. The molecule has 0 aliphatic carbocycles. The van der Waals surface area contributed by atoms with E-state index in [4.69, 9.17) is 0 Å². The summed E-state index contributed by atoms with van der Waals surface area (Å²) in [7, 11) is -1.22. The maximum atomic E-state index is 12.6. The number of carbonyl (C=O) groups is 1. The minimum absolute atomic E-state index is 0.0324. The maximum absolute atomic E-state index is 12.6. The molecule has 2 atom stereocenters. The normalized spacial score (nSPS) is 26.9. The number of nitrogens with one attached hydrogen (secondary N) is 1. The highest BCUT2D eigenvalue weighted by atomic mass is 32.2. The molecule has 4 nitrogen and oxygen atoms in total. The Morgan fingerprint density at radius 2 is 1.88 bits per heavy atom. The maximum Gasteiger partial charge on any atom is 0.261 e. The predicted molar refractivity (Wildman–Crippen MR) is 95.9 cm³/mol. The molecule has 1 aromatic heterocycles. The van der Waals surface area contributed by atoms with E-state index in [-0.39, 0.29) is 11.9 Å². The molecule has 1 amide bonds. The van der Waals surface area contributed by atoms with Gasteiger partial charge in [0.1, 0.15) is 0 Å². The van der Waals surface area contributed by atoms with Crippen LogP contribution in [0.25, 0.3) is 0 Å². The van der Waals surface area contributed by atoms with Gasteiger partial charge in [-0.1, -0.05) is 18.2 Å². The number of rotatable bonds is 4. The van der Waals surface area contributed by atoms with Gasteiger partial charge in [-0.25, -0.2) is 4.21 Å². The van der Waals surface area contributed by atoms with Crippen LogP contribution in [0.4, 0.5) is 0 Å². The van der Waals surface area contributed by atoms with Gasteiger partial charge in [0, 0.05) is 17.5 Å². The first-order chi connectivity index (χ1) is 11.7. The largest absolute Gasteiger partial charge is 0.347 e. The molecular weight excluding hydrogens is 340 g/mol. The summed E-state index contributed by atoms with van der Waals surface area (Å²) >= 11 is 1.33. The summed E-state index contributed by atoms with van der Waals surface area (Å²) in [6.45, 7) is 3.29. The van der Waals surface area contributed by atoms with E-state index in [1.165, 1.54) is 24.2 Å².